The van der Waals surface area contributed by atoms with Gasteiger partial charge in [-0.2, -0.15) is 0 Å². The normalized spacial score (nSPS) is 14.1. The van der Waals surface area contributed by atoms with Gasteiger partial charge in [-0.25, -0.2) is 17.9 Å². The largest absolute Gasteiger partial charge is 0.378 e. The molecule has 0 atom stereocenters. The molecule has 0 spiro atoms. The van der Waals surface area contributed by atoms with E-state index in [1.165, 1.54) is 11.8 Å². The van der Waals surface area contributed by atoms with Gasteiger partial charge in [0.2, 0.25) is 0 Å². The maximum atomic E-state index is 12.3. The van der Waals surface area contributed by atoms with Crippen LogP contribution in [0.3, 0.4) is 0 Å². The highest BCUT2D eigenvalue weighted by atomic mass is 32.2. The number of allylic oxidation sites excluding steroid dienone is 1. The molecular formula is C28H51N3O14S2. The molecule has 2 amide bonds. The summed E-state index contributed by atoms with van der Waals surface area (Å²) in [4.78, 5) is 39.8. The predicted octanol–water partition coefficient (Wildman–Crippen LogP) is -0.193. The van der Waals surface area contributed by atoms with Crippen molar-refractivity contribution >= 4 is 39.6 Å². The molecule has 0 aromatic heterocycles. The van der Waals surface area contributed by atoms with E-state index in [-0.39, 0.29) is 50.7 Å². The molecule has 2 N–H and O–H groups in total. The lowest BCUT2D eigenvalue weighted by atomic mass is 10.4. The molecule has 0 radical (unpaired) electrons. The van der Waals surface area contributed by atoms with Gasteiger partial charge >= 0.3 is 5.97 Å². The van der Waals surface area contributed by atoms with Gasteiger partial charge in [0.05, 0.1) is 112 Å². The number of thioether (sulfide) groups is 1. The minimum absolute atomic E-state index is 0.0535. The van der Waals surface area contributed by atoms with Crippen molar-refractivity contribution in [1.82, 2.24) is 15.1 Å². The summed E-state index contributed by atoms with van der Waals surface area (Å²) < 4.78 is 70.2. The van der Waals surface area contributed by atoms with Gasteiger partial charge in [-0.3, -0.25) is 9.59 Å². The molecule has 274 valence electrons. The number of hydrogen-bond donors (Lipinski definition) is 2. The first-order valence-corrected chi connectivity index (χ1v) is 18.0. The molecule has 1 aliphatic rings. The average molecular weight is 718 g/mol. The number of ether oxygens (including phenoxy) is 8. The number of carbonyl (C=O) groups excluding carboxylic acids is 3. The number of rotatable bonds is 32. The molecular weight excluding hydrogens is 666 g/mol. The Morgan fingerprint density at radius 2 is 1.04 bits per heavy atom. The van der Waals surface area contributed by atoms with Crippen molar-refractivity contribution in [2.45, 2.75) is 26.2 Å². The van der Waals surface area contributed by atoms with Crippen LogP contribution in [0.2, 0.25) is 0 Å². The number of amides is 2. The summed E-state index contributed by atoms with van der Waals surface area (Å²) in [6.07, 6.45) is 1.84. The molecule has 0 unspecified atom stereocenters. The van der Waals surface area contributed by atoms with E-state index in [4.69, 9.17) is 42.7 Å². The quantitative estimate of drug-likeness (QED) is 0.0686. The van der Waals surface area contributed by atoms with E-state index in [1.807, 2.05) is 6.26 Å². The number of sulfonamides is 1. The third-order valence-corrected chi connectivity index (χ3v) is 8.49. The van der Waals surface area contributed by atoms with Crippen LogP contribution >= 0.6 is 11.8 Å². The Hall–Kier alpha value is -1.91. The Morgan fingerprint density at radius 3 is 1.40 bits per heavy atom. The first-order chi connectivity index (χ1) is 22.7. The fourth-order valence-corrected chi connectivity index (χ4v) is 5.53. The lowest BCUT2D eigenvalue weighted by Crippen LogP contribution is -2.33. The van der Waals surface area contributed by atoms with E-state index in [0.29, 0.717) is 95.9 Å². The van der Waals surface area contributed by atoms with Crippen LogP contribution in [-0.2, 0) is 67.1 Å². The van der Waals surface area contributed by atoms with Crippen LogP contribution in [0.15, 0.2) is 9.93 Å². The van der Waals surface area contributed by atoms with Gasteiger partial charge in [-0.15, -0.1) is 16.8 Å². The second-order valence-electron chi connectivity index (χ2n) is 9.43. The first-order valence-electron chi connectivity index (χ1n) is 15.3. The molecule has 1 aliphatic heterocycles. The highest BCUT2D eigenvalue weighted by Crippen LogP contribution is 2.17. The molecule has 0 aliphatic carbocycles. The summed E-state index contributed by atoms with van der Waals surface area (Å²) in [5, 5.41) is 3.39. The van der Waals surface area contributed by atoms with E-state index in [1.54, 1.807) is 14.0 Å². The molecule has 0 bridgehead atoms. The molecule has 0 aromatic rings. The van der Waals surface area contributed by atoms with Crippen molar-refractivity contribution in [2.24, 2.45) is 0 Å². The zero-order valence-electron chi connectivity index (χ0n) is 27.6. The van der Waals surface area contributed by atoms with Gasteiger partial charge in [0.15, 0.2) is 5.03 Å². The summed E-state index contributed by atoms with van der Waals surface area (Å²) in [5.41, 5.74) is 0. The van der Waals surface area contributed by atoms with Gasteiger partial charge in [-0.05, 0) is 13.2 Å². The highest BCUT2D eigenvalue weighted by Gasteiger charge is 2.32. The third kappa shape index (κ3) is 21.6. The molecule has 0 aromatic carbocycles. The van der Waals surface area contributed by atoms with Gasteiger partial charge in [0.25, 0.3) is 21.8 Å². The van der Waals surface area contributed by atoms with Gasteiger partial charge in [0, 0.05) is 31.3 Å². The number of hydroxylamine groups is 2. The second-order valence-corrected chi connectivity index (χ2v) is 12.2. The highest BCUT2D eigenvalue weighted by molar-refractivity contribution is 8.03. The number of nitrogens with zero attached hydrogens (tertiary/aromatic N) is 1. The summed E-state index contributed by atoms with van der Waals surface area (Å²) in [6.45, 7) is 7.75. The Morgan fingerprint density at radius 1 is 0.681 bits per heavy atom. The molecule has 1 saturated heterocycles. The molecule has 1 heterocycles. The van der Waals surface area contributed by atoms with Crippen molar-refractivity contribution < 1.29 is 65.5 Å². The fourth-order valence-electron chi connectivity index (χ4n) is 3.51. The van der Waals surface area contributed by atoms with Crippen molar-refractivity contribution in [3.63, 3.8) is 0 Å². The van der Waals surface area contributed by atoms with Crippen LogP contribution in [-0.4, -0.2) is 157 Å². The molecule has 17 nitrogen and oxygen atoms in total. The van der Waals surface area contributed by atoms with Crippen molar-refractivity contribution in [1.29, 1.82) is 0 Å². The summed E-state index contributed by atoms with van der Waals surface area (Å²) >= 11 is 1.36. The fraction of sp³-hybridized carbons (Fsp3) is 0.821. The predicted molar refractivity (Wildman–Crippen MR) is 171 cm³/mol. The zero-order chi connectivity index (χ0) is 34.6. The maximum Gasteiger partial charge on any atom is 0.335 e. The average Bonchev–Trinajstić information content (AvgIpc) is 3.36. The van der Waals surface area contributed by atoms with Gasteiger partial charge in [0.1, 0.15) is 0 Å². The second kappa shape index (κ2) is 28.0. The number of nitrogens with one attached hydrogen (secondary N) is 2. The maximum absolute atomic E-state index is 12.3. The molecule has 1 fully saturated rings. The number of carbonyl (C=O) groups is 3. The van der Waals surface area contributed by atoms with E-state index in [0.717, 1.165) is 0 Å². The topological polar surface area (TPSA) is 196 Å². The van der Waals surface area contributed by atoms with E-state index in [2.05, 4.69) is 10.0 Å². The van der Waals surface area contributed by atoms with Gasteiger partial charge < -0.3 is 48.0 Å². The zero-order valence-corrected chi connectivity index (χ0v) is 29.3. The lowest BCUT2D eigenvalue weighted by molar-refractivity contribution is -0.198. The third-order valence-electron chi connectivity index (χ3n) is 5.91. The minimum atomic E-state index is -3.60. The van der Waals surface area contributed by atoms with Crippen LogP contribution < -0.4 is 10.0 Å². The Balaban J connectivity index is 1.75. The first kappa shape index (κ1) is 43.1. The summed E-state index contributed by atoms with van der Waals surface area (Å²) in [5.74, 6) is -1.74. The van der Waals surface area contributed by atoms with E-state index < -0.39 is 27.8 Å². The Kier molecular flexibility index (Phi) is 25.7. The lowest BCUT2D eigenvalue weighted by Gasteiger charge is -2.12. The molecule has 1 rings (SSSR count). The number of imide groups is 1. The molecule has 0 saturated carbocycles. The molecule has 19 heteroatoms. The minimum Gasteiger partial charge on any atom is -0.378 e. The van der Waals surface area contributed by atoms with Crippen LogP contribution in [0, 0.1) is 0 Å². The van der Waals surface area contributed by atoms with Crippen molar-refractivity contribution in [2.75, 3.05) is 126 Å². The summed E-state index contributed by atoms with van der Waals surface area (Å²) in [7, 11) is -2.02. The standard InChI is InChI=1S/C28H51N3O14S2/c1-24(46-3)28(29-2)47(35,36)30-7-9-38-11-13-40-15-17-42-19-21-44-23-22-43-20-18-41-16-14-39-12-10-37-8-6-27(34)45-31-25(32)4-5-26(31)33/h29-30H,4-23H2,1-3H3/b28-24+. The molecule has 47 heavy (non-hydrogen) atoms. The van der Waals surface area contributed by atoms with Crippen LogP contribution in [0.25, 0.3) is 0 Å². The Labute approximate surface area is 281 Å². The number of hydrogen-bond acceptors (Lipinski definition) is 16. The van der Waals surface area contributed by atoms with Crippen molar-refractivity contribution in [3.05, 3.63) is 9.93 Å². The monoisotopic (exact) mass is 717 g/mol. The Bertz CT molecular complexity index is 1000. The van der Waals surface area contributed by atoms with E-state index in [9.17, 15) is 22.8 Å². The van der Waals surface area contributed by atoms with Crippen LogP contribution in [0.5, 0.6) is 0 Å². The van der Waals surface area contributed by atoms with E-state index >= 15 is 0 Å². The van der Waals surface area contributed by atoms with Crippen LogP contribution in [0.1, 0.15) is 26.2 Å². The van der Waals surface area contributed by atoms with Crippen molar-refractivity contribution in [3.8, 4) is 0 Å². The summed E-state index contributed by atoms with van der Waals surface area (Å²) in [6, 6.07) is 0. The van der Waals surface area contributed by atoms with Crippen LogP contribution in [0.4, 0.5) is 0 Å². The van der Waals surface area contributed by atoms with Gasteiger partial charge in [-0.1, -0.05) is 0 Å². The SMILES string of the molecule is CN/C(=C(/C)SC)S(=O)(=O)NCCOCCOCCOCCOCCOCCOCCOCCOCCC(=O)ON1C(=O)CCC1=O. The smallest absolute Gasteiger partial charge is 0.335 e.